The fourth-order valence-electron chi connectivity index (χ4n) is 3.98. The first-order chi connectivity index (χ1) is 10.0. The lowest BCUT2D eigenvalue weighted by atomic mass is 9.92. The highest BCUT2D eigenvalue weighted by Gasteiger charge is 2.64. The molecule has 1 heterocycles. The zero-order chi connectivity index (χ0) is 14.7. The van der Waals surface area contributed by atoms with E-state index in [1.165, 1.54) is 0 Å². The van der Waals surface area contributed by atoms with Gasteiger partial charge in [-0.05, 0) is 43.7 Å². The molecular weight excluding hydrogens is 282 g/mol. The SMILES string of the molecule is Cc1ccc(S(=O)(=O)N2C=C[C@@H]3[C@H]4CC=CC[C@@]34C2)cc1. The van der Waals surface area contributed by atoms with Gasteiger partial charge in [0.15, 0.2) is 0 Å². The summed E-state index contributed by atoms with van der Waals surface area (Å²) in [7, 11) is -3.42. The molecule has 110 valence electrons. The predicted molar refractivity (Wildman–Crippen MR) is 82.0 cm³/mol. The Bertz CT molecular complexity index is 733. The molecule has 1 spiro atoms. The van der Waals surface area contributed by atoms with E-state index >= 15 is 0 Å². The van der Waals surface area contributed by atoms with Crippen LogP contribution < -0.4 is 0 Å². The molecule has 4 heteroatoms. The van der Waals surface area contributed by atoms with Crippen LogP contribution >= 0.6 is 0 Å². The number of benzene rings is 1. The van der Waals surface area contributed by atoms with Crippen LogP contribution in [-0.2, 0) is 10.0 Å². The van der Waals surface area contributed by atoms with Crippen LogP contribution in [0.1, 0.15) is 18.4 Å². The molecule has 3 nitrogen and oxygen atoms in total. The fourth-order valence-corrected chi connectivity index (χ4v) is 5.37. The number of fused-ring (bicyclic) bond motifs is 1. The molecule has 1 aromatic rings. The predicted octanol–water partition coefficient (Wildman–Crippen LogP) is 3.10. The van der Waals surface area contributed by atoms with E-state index in [-0.39, 0.29) is 5.41 Å². The largest absolute Gasteiger partial charge is 0.273 e. The number of nitrogens with zero attached hydrogens (tertiary/aromatic N) is 1. The third-order valence-electron chi connectivity index (χ3n) is 5.32. The highest BCUT2D eigenvalue weighted by Crippen LogP contribution is 2.67. The van der Waals surface area contributed by atoms with Crippen molar-refractivity contribution < 1.29 is 8.42 Å². The second-order valence-electron chi connectivity index (χ2n) is 6.48. The highest BCUT2D eigenvalue weighted by molar-refractivity contribution is 7.89. The van der Waals surface area contributed by atoms with E-state index in [2.05, 4.69) is 18.2 Å². The lowest BCUT2D eigenvalue weighted by Gasteiger charge is -2.30. The molecule has 0 aromatic heterocycles. The molecule has 4 rings (SSSR count). The Morgan fingerprint density at radius 1 is 1.19 bits per heavy atom. The van der Waals surface area contributed by atoms with Gasteiger partial charge in [0.2, 0.25) is 0 Å². The summed E-state index contributed by atoms with van der Waals surface area (Å²) in [6.45, 7) is 2.59. The number of allylic oxidation sites excluding steroid dienone is 3. The smallest absolute Gasteiger partial charge is 0.263 e. The summed E-state index contributed by atoms with van der Waals surface area (Å²) in [4.78, 5) is 0.385. The normalized spacial score (nSPS) is 33.5. The lowest BCUT2D eigenvalue weighted by molar-refractivity contribution is 0.335. The van der Waals surface area contributed by atoms with Crippen LogP contribution in [0.2, 0.25) is 0 Å². The molecule has 3 aliphatic rings. The van der Waals surface area contributed by atoms with E-state index in [0.717, 1.165) is 18.4 Å². The molecule has 2 aliphatic carbocycles. The van der Waals surface area contributed by atoms with Gasteiger partial charge in [0.05, 0.1) is 4.90 Å². The van der Waals surface area contributed by atoms with Crippen molar-refractivity contribution in [2.45, 2.75) is 24.7 Å². The van der Waals surface area contributed by atoms with Crippen LogP contribution in [0, 0.1) is 24.2 Å². The minimum atomic E-state index is -3.42. The van der Waals surface area contributed by atoms with Gasteiger partial charge in [-0.15, -0.1) is 0 Å². The topological polar surface area (TPSA) is 37.4 Å². The number of hydrogen-bond donors (Lipinski definition) is 0. The van der Waals surface area contributed by atoms with E-state index < -0.39 is 10.0 Å². The number of aryl methyl sites for hydroxylation is 1. The van der Waals surface area contributed by atoms with Gasteiger partial charge in [0.1, 0.15) is 0 Å². The van der Waals surface area contributed by atoms with E-state index in [0.29, 0.717) is 23.3 Å². The quantitative estimate of drug-likeness (QED) is 0.787. The molecule has 1 fully saturated rings. The lowest BCUT2D eigenvalue weighted by Crippen LogP contribution is -2.35. The summed E-state index contributed by atoms with van der Waals surface area (Å²) in [6, 6.07) is 7.11. The molecular formula is C17H19NO2S. The number of hydrogen-bond acceptors (Lipinski definition) is 2. The first-order valence-electron chi connectivity index (χ1n) is 7.46. The minimum absolute atomic E-state index is 0.168. The first kappa shape index (κ1) is 13.1. The second kappa shape index (κ2) is 4.23. The second-order valence-corrected chi connectivity index (χ2v) is 8.37. The van der Waals surface area contributed by atoms with Gasteiger partial charge in [-0.2, -0.15) is 0 Å². The Balaban J connectivity index is 1.65. The van der Waals surface area contributed by atoms with Crippen molar-refractivity contribution >= 4 is 10.0 Å². The van der Waals surface area contributed by atoms with Gasteiger partial charge >= 0.3 is 0 Å². The molecule has 0 N–H and O–H groups in total. The third kappa shape index (κ3) is 1.81. The maximum Gasteiger partial charge on any atom is 0.263 e. The molecule has 0 bridgehead atoms. The summed E-state index contributed by atoms with van der Waals surface area (Å²) in [5.74, 6) is 1.20. The van der Waals surface area contributed by atoms with Crippen molar-refractivity contribution in [1.82, 2.24) is 4.31 Å². The van der Waals surface area contributed by atoms with Crippen molar-refractivity contribution in [2.75, 3.05) is 6.54 Å². The molecule has 1 aliphatic heterocycles. The maximum absolute atomic E-state index is 12.8. The Labute approximate surface area is 126 Å². The molecule has 0 radical (unpaired) electrons. The van der Waals surface area contributed by atoms with Crippen LogP contribution in [0.4, 0.5) is 0 Å². The van der Waals surface area contributed by atoms with Crippen molar-refractivity contribution in [3.8, 4) is 0 Å². The molecule has 21 heavy (non-hydrogen) atoms. The Hall–Kier alpha value is -1.55. The Kier molecular flexibility index (Phi) is 2.65. The maximum atomic E-state index is 12.8. The van der Waals surface area contributed by atoms with Crippen molar-refractivity contribution in [3.63, 3.8) is 0 Å². The summed E-state index contributed by atoms with van der Waals surface area (Å²) in [5, 5.41) is 0. The molecule has 0 saturated heterocycles. The van der Waals surface area contributed by atoms with E-state index in [9.17, 15) is 8.42 Å². The zero-order valence-corrected chi connectivity index (χ0v) is 12.9. The van der Waals surface area contributed by atoms with Gasteiger partial charge < -0.3 is 0 Å². The van der Waals surface area contributed by atoms with Crippen LogP contribution in [-0.4, -0.2) is 19.3 Å². The molecule has 0 unspecified atom stereocenters. The number of rotatable bonds is 2. The van der Waals surface area contributed by atoms with Gasteiger partial charge in [-0.1, -0.05) is 35.9 Å². The van der Waals surface area contributed by atoms with E-state index in [1.807, 2.05) is 19.1 Å². The van der Waals surface area contributed by atoms with Crippen LogP contribution in [0.5, 0.6) is 0 Å². The monoisotopic (exact) mass is 301 g/mol. The Morgan fingerprint density at radius 3 is 2.71 bits per heavy atom. The molecule has 3 atom stereocenters. The Morgan fingerprint density at radius 2 is 1.95 bits per heavy atom. The summed E-state index contributed by atoms with van der Waals surface area (Å²) >= 11 is 0. The van der Waals surface area contributed by atoms with Gasteiger partial charge in [-0.3, -0.25) is 4.31 Å². The number of sulfonamides is 1. The first-order valence-corrected chi connectivity index (χ1v) is 8.90. The molecule has 1 saturated carbocycles. The van der Waals surface area contributed by atoms with Crippen molar-refractivity contribution in [1.29, 1.82) is 0 Å². The van der Waals surface area contributed by atoms with Crippen molar-refractivity contribution in [3.05, 3.63) is 54.3 Å². The fraction of sp³-hybridized carbons (Fsp3) is 0.412. The molecule has 1 aromatic carbocycles. The summed E-state index contributed by atoms with van der Waals surface area (Å²) in [6.07, 6.45) is 10.4. The summed E-state index contributed by atoms with van der Waals surface area (Å²) < 4.78 is 27.1. The van der Waals surface area contributed by atoms with Crippen LogP contribution in [0.3, 0.4) is 0 Å². The molecule has 0 amide bonds. The third-order valence-corrected chi connectivity index (χ3v) is 7.05. The van der Waals surface area contributed by atoms with Gasteiger partial charge in [0.25, 0.3) is 10.0 Å². The average Bonchev–Trinajstić information content (AvgIpc) is 3.16. The average molecular weight is 301 g/mol. The van der Waals surface area contributed by atoms with Crippen LogP contribution in [0.15, 0.2) is 53.6 Å². The van der Waals surface area contributed by atoms with Crippen LogP contribution in [0.25, 0.3) is 0 Å². The highest BCUT2D eigenvalue weighted by atomic mass is 32.2. The zero-order valence-electron chi connectivity index (χ0n) is 12.1. The van der Waals surface area contributed by atoms with Gasteiger partial charge in [0, 0.05) is 18.2 Å². The minimum Gasteiger partial charge on any atom is -0.273 e. The van der Waals surface area contributed by atoms with Crippen molar-refractivity contribution in [2.24, 2.45) is 17.3 Å². The van der Waals surface area contributed by atoms with E-state index in [4.69, 9.17) is 0 Å². The standard InChI is InChI=1S/C17H19NO2S/c1-13-5-7-14(8-6-13)21(19,20)18-11-9-16-15-4-2-3-10-17(15,16)12-18/h2-3,5-9,11,15-16H,4,10,12H2,1H3/t15-,16-,17+/m1/s1. The van der Waals surface area contributed by atoms with Gasteiger partial charge in [-0.25, -0.2) is 8.42 Å². The summed E-state index contributed by atoms with van der Waals surface area (Å²) in [5.41, 5.74) is 1.24. The van der Waals surface area contributed by atoms with E-state index in [1.54, 1.807) is 22.6 Å².